The number of anilines is 1. The highest BCUT2D eigenvalue weighted by atomic mass is 35.5. The van der Waals surface area contributed by atoms with Crippen molar-refractivity contribution in [3.8, 4) is 5.75 Å². The normalized spacial score (nSPS) is 12.5. The molecule has 0 saturated carbocycles. The van der Waals surface area contributed by atoms with Crippen molar-refractivity contribution in [2.75, 3.05) is 29.7 Å². The van der Waals surface area contributed by atoms with E-state index in [9.17, 15) is 14.4 Å². The highest BCUT2D eigenvalue weighted by Crippen LogP contribution is 2.23. The Balaban J connectivity index is 1.95. The Labute approximate surface area is 202 Å². The molecule has 1 unspecified atom stereocenters. The van der Waals surface area contributed by atoms with Crippen LogP contribution in [-0.4, -0.2) is 48.9 Å². The number of primary amides is 1. The van der Waals surface area contributed by atoms with Crippen molar-refractivity contribution in [3.63, 3.8) is 0 Å². The van der Waals surface area contributed by atoms with Gasteiger partial charge in [0, 0.05) is 30.5 Å². The molecular weight excluding hydrogens is 469 g/mol. The Kier molecular flexibility index (Phi) is 10.4. The van der Waals surface area contributed by atoms with Crippen LogP contribution in [0, 0.1) is 6.92 Å². The Morgan fingerprint density at radius 1 is 1.03 bits per heavy atom. The summed E-state index contributed by atoms with van der Waals surface area (Å²) in [5, 5.41) is 0. The molecule has 2 aromatic carbocycles. The number of nitrogens with zero attached hydrogens (tertiary/aromatic N) is 1. The molecule has 33 heavy (non-hydrogen) atoms. The average molecular weight is 496 g/mol. The van der Waals surface area contributed by atoms with E-state index in [1.807, 2.05) is 17.9 Å². The zero-order chi connectivity index (χ0) is 24.4. The zero-order valence-corrected chi connectivity index (χ0v) is 19.7. The first-order valence-electron chi connectivity index (χ1n) is 10.3. The van der Waals surface area contributed by atoms with E-state index in [1.165, 1.54) is 0 Å². The number of halogens is 2. The first-order chi connectivity index (χ1) is 15.7. The maximum atomic E-state index is 12.3. The van der Waals surface area contributed by atoms with Crippen LogP contribution in [0.15, 0.2) is 48.5 Å². The van der Waals surface area contributed by atoms with Crippen LogP contribution in [0.3, 0.4) is 0 Å². The number of amides is 1. The summed E-state index contributed by atoms with van der Waals surface area (Å²) < 4.78 is 9.73. The molecule has 0 aliphatic heterocycles. The highest BCUT2D eigenvalue weighted by Gasteiger charge is 2.27. The van der Waals surface area contributed by atoms with Gasteiger partial charge in [-0.05, 0) is 43.2 Å². The van der Waals surface area contributed by atoms with Gasteiger partial charge in [0.1, 0.15) is 11.8 Å². The summed E-state index contributed by atoms with van der Waals surface area (Å²) in [6.07, 6.45) is -1.34. The molecule has 4 N–H and O–H groups in total. The van der Waals surface area contributed by atoms with Crippen LogP contribution in [0.1, 0.15) is 23.5 Å². The van der Waals surface area contributed by atoms with Crippen molar-refractivity contribution >= 4 is 46.9 Å². The molecule has 0 saturated heterocycles. The van der Waals surface area contributed by atoms with E-state index in [4.69, 9.17) is 39.4 Å². The first kappa shape index (κ1) is 26.4. The molecular formula is C23H27Cl2N3O5. The maximum absolute atomic E-state index is 12.3. The van der Waals surface area contributed by atoms with Gasteiger partial charge in [0.05, 0.1) is 5.92 Å². The fourth-order valence-corrected chi connectivity index (χ4v) is 3.64. The van der Waals surface area contributed by atoms with Crippen molar-refractivity contribution in [2.24, 2.45) is 11.5 Å². The van der Waals surface area contributed by atoms with Crippen LogP contribution in [0.2, 0.25) is 0 Å². The van der Waals surface area contributed by atoms with Crippen molar-refractivity contribution in [1.82, 2.24) is 0 Å². The third kappa shape index (κ3) is 8.24. The Bertz CT molecular complexity index is 949. The van der Waals surface area contributed by atoms with Crippen molar-refractivity contribution < 1.29 is 23.9 Å². The minimum Gasteiger partial charge on any atom is -0.395 e. The smallest absolute Gasteiger partial charge is 0.395 e. The number of hydrogen-bond acceptors (Lipinski definition) is 7. The Morgan fingerprint density at radius 2 is 1.67 bits per heavy atom. The minimum atomic E-state index is -1.25. The van der Waals surface area contributed by atoms with Gasteiger partial charge in [0.15, 0.2) is 0 Å². The van der Waals surface area contributed by atoms with Crippen LogP contribution in [0.25, 0.3) is 0 Å². The average Bonchev–Trinajstić information content (AvgIpc) is 2.77. The summed E-state index contributed by atoms with van der Waals surface area (Å²) in [7, 11) is 0. The van der Waals surface area contributed by atoms with Crippen LogP contribution in [0.4, 0.5) is 10.5 Å². The number of carbonyl (C=O) groups excluding carboxylic acids is 3. The number of hydrogen-bond donors (Lipinski definition) is 2. The standard InChI is InChI=1S/C23H27Cl2N3O5/c1-15-3-2-4-16(13-15)19(21(27)29)14-20(26)22(30)33-23(31)32-18-7-5-17(6-8-18)28(11-9-24)12-10-25/h2-8,13,19-20H,9-12,14,26H2,1H3,(H2,27,29)/t19?,20-/m0/s1. The molecule has 2 rings (SSSR count). The first-order valence-corrected chi connectivity index (χ1v) is 11.3. The number of rotatable bonds is 11. The van der Waals surface area contributed by atoms with Gasteiger partial charge in [-0.1, -0.05) is 29.8 Å². The topological polar surface area (TPSA) is 125 Å². The molecule has 2 atom stereocenters. The summed E-state index contributed by atoms with van der Waals surface area (Å²) in [6, 6.07) is 12.5. The van der Waals surface area contributed by atoms with E-state index in [1.54, 1.807) is 42.5 Å². The number of ether oxygens (including phenoxy) is 2. The van der Waals surface area contributed by atoms with Gasteiger partial charge >= 0.3 is 12.1 Å². The lowest BCUT2D eigenvalue weighted by atomic mass is 9.91. The molecule has 0 aliphatic carbocycles. The lowest BCUT2D eigenvalue weighted by Crippen LogP contribution is -2.38. The van der Waals surface area contributed by atoms with E-state index in [2.05, 4.69) is 4.74 Å². The van der Waals surface area contributed by atoms with E-state index >= 15 is 0 Å². The number of esters is 1. The van der Waals surface area contributed by atoms with Gasteiger partial charge in [-0.2, -0.15) is 0 Å². The number of alkyl halides is 2. The second kappa shape index (κ2) is 13.0. The van der Waals surface area contributed by atoms with E-state index in [-0.39, 0.29) is 12.2 Å². The van der Waals surface area contributed by atoms with Crippen LogP contribution in [0.5, 0.6) is 5.75 Å². The van der Waals surface area contributed by atoms with Gasteiger partial charge in [0.25, 0.3) is 0 Å². The number of benzene rings is 2. The highest BCUT2D eigenvalue weighted by molar-refractivity contribution is 6.18. The third-order valence-electron chi connectivity index (χ3n) is 4.88. The predicted molar refractivity (Wildman–Crippen MR) is 128 cm³/mol. The monoisotopic (exact) mass is 495 g/mol. The van der Waals surface area contributed by atoms with Crippen LogP contribution < -0.4 is 21.1 Å². The fraction of sp³-hybridized carbons (Fsp3) is 0.348. The molecule has 0 fully saturated rings. The van der Waals surface area contributed by atoms with Gasteiger partial charge in [-0.25, -0.2) is 9.59 Å². The molecule has 0 aromatic heterocycles. The third-order valence-corrected chi connectivity index (χ3v) is 5.21. The largest absolute Gasteiger partial charge is 0.521 e. The zero-order valence-electron chi connectivity index (χ0n) is 18.2. The van der Waals surface area contributed by atoms with Crippen molar-refractivity contribution in [1.29, 1.82) is 0 Å². The molecule has 178 valence electrons. The van der Waals surface area contributed by atoms with E-state index < -0.39 is 30.0 Å². The Hall–Kier alpha value is -2.81. The van der Waals surface area contributed by atoms with Gasteiger partial charge in [-0.3, -0.25) is 4.79 Å². The van der Waals surface area contributed by atoms with Gasteiger partial charge in [-0.15, -0.1) is 23.2 Å². The predicted octanol–water partition coefficient (Wildman–Crippen LogP) is 3.31. The summed E-state index contributed by atoms with van der Waals surface area (Å²) in [4.78, 5) is 38.2. The van der Waals surface area contributed by atoms with E-state index in [0.29, 0.717) is 30.4 Å². The molecule has 0 bridgehead atoms. The lowest BCUT2D eigenvalue weighted by molar-refractivity contribution is -0.140. The molecule has 1 amide bonds. The van der Waals surface area contributed by atoms with Gasteiger partial charge < -0.3 is 25.8 Å². The van der Waals surface area contributed by atoms with Crippen LogP contribution in [-0.2, 0) is 14.3 Å². The molecule has 10 heteroatoms. The van der Waals surface area contributed by atoms with Crippen molar-refractivity contribution in [2.45, 2.75) is 25.3 Å². The second-order valence-electron chi connectivity index (χ2n) is 7.34. The number of nitrogens with two attached hydrogens (primary N) is 2. The Morgan fingerprint density at radius 3 is 2.21 bits per heavy atom. The molecule has 0 aliphatic rings. The summed E-state index contributed by atoms with van der Waals surface area (Å²) in [5.41, 5.74) is 13.8. The summed E-state index contributed by atoms with van der Waals surface area (Å²) in [5.74, 6) is -1.42. The SMILES string of the molecule is Cc1cccc(C(C[C@H](N)C(=O)OC(=O)Oc2ccc(N(CCCl)CCCl)cc2)C(N)=O)c1. The van der Waals surface area contributed by atoms with Crippen molar-refractivity contribution in [3.05, 3.63) is 59.7 Å². The quantitative estimate of drug-likeness (QED) is 0.212. The summed E-state index contributed by atoms with van der Waals surface area (Å²) in [6.45, 7) is 3.08. The molecule has 8 nitrogen and oxygen atoms in total. The van der Waals surface area contributed by atoms with Crippen LogP contribution >= 0.6 is 23.2 Å². The molecule has 0 heterocycles. The fourth-order valence-electron chi connectivity index (χ4n) is 3.23. The summed E-state index contributed by atoms with van der Waals surface area (Å²) >= 11 is 11.6. The minimum absolute atomic E-state index is 0.115. The van der Waals surface area contributed by atoms with Gasteiger partial charge in [0.2, 0.25) is 5.91 Å². The second-order valence-corrected chi connectivity index (χ2v) is 8.10. The maximum Gasteiger partial charge on any atom is 0.521 e. The lowest BCUT2D eigenvalue weighted by Gasteiger charge is -2.22. The number of carbonyl (C=O) groups is 3. The molecule has 2 aromatic rings. The molecule has 0 radical (unpaired) electrons. The molecule has 0 spiro atoms. The number of aryl methyl sites for hydroxylation is 1. The van der Waals surface area contributed by atoms with E-state index in [0.717, 1.165) is 11.3 Å².